The Morgan fingerprint density at radius 3 is 2.29 bits per heavy atom. The lowest BCUT2D eigenvalue weighted by Crippen LogP contribution is -2.27. The third-order valence-electron chi connectivity index (χ3n) is 4.79. The highest BCUT2D eigenvalue weighted by molar-refractivity contribution is 5.94. The van der Waals surface area contributed by atoms with Gasteiger partial charge in [-0.1, -0.05) is 24.1 Å². The van der Waals surface area contributed by atoms with Gasteiger partial charge in [-0.3, -0.25) is 4.79 Å². The number of ether oxygens (including phenoxy) is 1. The van der Waals surface area contributed by atoms with Crippen LogP contribution in [0.15, 0.2) is 35.9 Å². The number of rotatable bonds is 4. The maximum absolute atomic E-state index is 12.3. The lowest BCUT2D eigenvalue weighted by atomic mass is 9.95. The summed E-state index contributed by atoms with van der Waals surface area (Å²) >= 11 is 0. The van der Waals surface area contributed by atoms with Gasteiger partial charge in [0.2, 0.25) is 0 Å². The number of nitrogens with zero attached hydrogens (tertiary/aromatic N) is 1. The van der Waals surface area contributed by atoms with Gasteiger partial charge in [-0.05, 0) is 56.2 Å². The fraction of sp³-hybridized carbons (Fsp3) is 0.500. The Bertz CT molecular complexity index is 604. The van der Waals surface area contributed by atoms with Gasteiger partial charge in [-0.2, -0.15) is 0 Å². The highest BCUT2D eigenvalue weighted by atomic mass is 16.5. The molecule has 0 bridgehead atoms. The van der Waals surface area contributed by atoms with E-state index in [1.165, 1.54) is 24.8 Å². The zero-order valence-corrected chi connectivity index (χ0v) is 14.1. The zero-order valence-electron chi connectivity index (χ0n) is 14.1. The van der Waals surface area contributed by atoms with Crippen molar-refractivity contribution in [2.24, 2.45) is 0 Å². The van der Waals surface area contributed by atoms with Crippen LogP contribution < -0.4 is 0 Å². The topological polar surface area (TPSA) is 46.6 Å². The Morgan fingerprint density at radius 1 is 0.958 bits per heavy atom. The molecule has 0 atom stereocenters. The van der Waals surface area contributed by atoms with Crippen LogP contribution in [0.3, 0.4) is 0 Å². The van der Waals surface area contributed by atoms with Gasteiger partial charge in [0.15, 0.2) is 0 Å². The molecule has 1 aromatic rings. The van der Waals surface area contributed by atoms with Crippen LogP contribution >= 0.6 is 0 Å². The van der Waals surface area contributed by atoms with Gasteiger partial charge in [0, 0.05) is 24.7 Å². The van der Waals surface area contributed by atoms with Crippen molar-refractivity contribution in [3.63, 3.8) is 0 Å². The number of likely N-dealkylation sites (tertiary alicyclic amines) is 1. The second kappa shape index (κ2) is 8.13. The van der Waals surface area contributed by atoms with Gasteiger partial charge in [0.1, 0.15) is 6.61 Å². The van der Waals surface area contributed by atoms with E-state index in [9.17, 15) is 9.59 Å². The lowest BCUT2D eigenvalue weighted by molar-refractivity contribution is -0.139. The van der Waals surface area contributed by atoms with Crippen LogP contribution in [0.4, 0.5) is 0 Å². The first-order valence-corrected chi connectivity index (χ1v) is 8.97. The highest BCUT2D eigenvalue weighted by Gasteiger charge is 2.19. The summed E-state index contributed by atoms with van der Waals surface area (Å²) < 4.78 is 5.32. The van der Waals surface area contributed by atoms with Crippen molar-refractivity contribution < 1.29 is 14.3 Å². The van der Waals surface area contributed by atoms with E-state index in [-0.39, 0.29) is 18.5 Å². The first kappa shape index (κ1) is 16.7. The van der Waals surface area contributed by atoms with Crippen LogP contribution in [0, 0.1) is 0 Å². The van der Waals surface area contributed by atoms with Crippen molar-refractivity contribution >= 4 is 11.9 Å². The monoisotopic (exact) mass is 327 g/mol. The molecular formula is C20H25NO3. The molecule has 2 fully saturated rings. The molecule has 24 heavy (non-hydrogen) atoms. The van der Waals surface area contributed by atoms with Gasteiger partial charge in [0.05, 0.1) is 0 Å². The number of allylic oxidation sites excluding steroid dienone is 1. The molecule has 0 aromatic heterocycles. The van der Waals surface area contributed by atoms with Crippen LogP contribution in [0.1, 0.15) is 60.9 Å². The maximum atomic E-state index is 12.3. The first-order chi connectivity index (χ1) is 11.7. The third-order valence-corrected chi connectivity index (χ3v) is 4.79. The quantitative estimate of drug-likeness (QED) is 0.623. The number of esters is 1. The average molecular weight is 327 g/mol. The third kappa shape index (κ3) is 4.47. The molecule has 0 N–H and O–H groups in total. The normalized spacial score (nSPS) is 17.7. The van der Waals surface area contributed by atoms with Crippen molar-refractivity contribution in [2.75, 3.05) is 13.1 Å². The summed E-state index contributed by atoms with van der Waals surface area (Å²) in [6.07, 6.45) is 9.48. The molecule has 1 aromatic carbocycles. The molecule has 0 spiro atoms. The summed E-state index contributed by atoms with van der Waals surface area (Å²) in [6.45, 7) is 1.96. The van der Waals surface area contributed by atoms with E-state index in [2.05, 4.69) is 0 Å². The molecule has 1 saturated carbocycles. The van der Waals surface area contributed by atoms with E-state index in [1.807, 2.05) is 29.2 Å². The van der Waals surface area contributed by atoms with E-state index in [0.29, 0.717) is 5.56 Å². The molecule has 2 aliphatic rings. The van der Waals surface area contributed by atoms with E-state index >= 15 is 0 Å². The molecule has 128 valence electrons. The van der Waals surface area contributed by atoms with Crippen molar-refractivity contribution in [1.82, 2.24) is 4.90 Å². The Kier molecular flexibility index (Phi) is 5.68. The van der Waals surface area contributed by atoms with Gasteiger partial charge >= 0.3 is 5.97 Å². The summed E-state index contributed by atoms with van der Waals surface area (Å²) in [6, 6.07) is 7.38. The van der Waals surface area contributed by atoms with E-state index in [1.54, 1.807) is 6.08 Å². The second-order valence-corrected chi connectivity index (χ2v) is 6.67. The average Bonchev–Trinajstić information content (AvgIpc) is 3.15. The van der Waals surface area contributed by atoms with Crippen LogP contribution in [-0.2, 0) is 16.1 Å². The number of carbonyl (C=O) groups is 2. The maximum Gasteiger partial charge on any atom is 0.331 e. The lowest BCUT2D eigenvalue weighted by Gasteiger charge is -2.15. The highest BCUT2D eigenvalue weighted by Crippen LogP contribution is 2.22. The Balaban J connectivity index is 1.50. The molecule has 4 nitrogen and oxygen atoms in total. The van der Waals surface area contributed by atoms with Gasteiger partial charge in [0.25, 0.3) is 5.91 Å². The number of amides is 1. The second-order valence-electron chi connectivity index (χ2n) is 6.67. The van der Waals surface area contributed by atoms with Crippen LogP contribution in [0.5, 0.6) is 0 Å². The standard InChI is InChI=1S/C20H25NO3/c22-19(14-16-6-2-1-3-7-16)24-15-17-8-10-18(11-9-17)20(23)21-12-4-5-13-21/h8-11,14H,1-7,12-13,15H2. The molecule has 3 rings (SSSR count). The number of hydrogen-bond acceptors (Lipinski definition) is 3. The molecule has 4 heteroatoms. The van der Waals surface area contributed by atoms with Crippen molar-refractivity contribution in [1.29, 1.82) is 0 Å². The predicted octanol–water partition coefficient (Wildman–Crippen LogP) is 3.86. The van der Waals surface area contributed by atoms with E-state index < -0.39 is 0 Å². The van der Waals surface area contributed by atoms with Gasteiger partial charge < -0.3 is 9.64 Å². The zero-order chi connectivity index (χ0) is 16.8. The Hall–Kier alpha value is -2.10. The number of carbonyl (C=O) groups excluding carboxylic acids is 2. The Morgan fingerprint density at radius 2 is 1.62 bits per heavy atom. The number of benzene rings is 1. The van der Waals surface area contributed by atoms with Crippen molar-refractivity contribution in [3.05, 3.63) is 47.0 Å². The summed E-state index contributed by atoms with van der Waals surface area (Å²) in [5, 5.41) is 0. The molecule has 1 heterocycles. The molecule has 0 radical (unpaired) electrons. The molecule has 1 amide bonds. The van der Waals surface area contributed by atoms with Crippen LogP contribution in [0.2, 0.25) is 0 Å². The molecular weight excluding hydrogens is 302 g/mol. The summed E-state index contributed by atoms with van der Waals surface area (Å²) in [5.74, 6) is -0.165. The SMILES string of the molecule is O=C(C=C1CCCCC1)OCc1ccc(C(=O)N2CCCC2)cc1. The largest absolute Gasteiger partial charge is 0.458 e. The fourth-order valence-electron chi connectivity index (χ4n) is 3.36. The summed E-state index contributed by atoms with van der Waals surface area (Å²) in [4.78, 5) is 26.0. The van der Waals surface area contributed by atoms with Crippen molar-refractivity contribution in [2.45, 2.75) is 51.6 Å². The predicted molar refractivity (Wildman–Crippen MR) is 92.5 cm³/mol. The van der Waals surface area contributed by atoms with E-state index in [4.69, 9.17) is 4.74 Å². The fourth-order valence-corrected chi connectivity index (χ4v) is 3.36. The van der Waals surface area contributed by atoms with Crippen LogP contribution in [-0.4, -0.2) is 29.9 Å². The molecule has 1 aliphatic carbocycles. The summed E-state index contributed by atoms with van der Waals surface area (Å²) in [5.41, 5.74) is 2.82. The summed E-state index contributed by atoms with van der Waals surface area (Å²) in [7, 11) is 0. The molecule has 1 saturated heterocycles. The smallest absolute Gasteiger partial charge is 0.331 e. The van der Waals surface area contributed by atoms with Crippen molar-refractivity contribution in [3.8, 4) is 0 Å². The minimum Gasteiger partial charge on any atom is -0.458 e. The Labute approximate surface area is 143 Å². The minimum absolute atomic E-state index is 0.0954. The van der Waals surface area contributed by atoms with E-state index in [0.717, 1.165) is 44.3 Å². The van der Waals surface area contributed by atoms with Crippen LogP contribution in [0.25, 0.3) is 0 Å². The number of hydrogen-bond donors (Lipinski definition) is 0. The minimum atomic E-state index is -0.260. The molecule has 1 aliphatic heterocycles. The van der Waals surface area contributed by atoms with Gasteiger partial charge in [-0.15, -0.1) is 0 Å². The van der Waals surface area contributed by atoms with Gasteiger partial charge in [-0.25, -0.2) is 4.79 Å². The first-order valence-electron chi connectivity index (χ1n) is 8.97. The molecule has 0 unspecified atom stereocenters.